The van der Waals surface area contributed by atoms with Crippen molar-refractivity contribution in [3.63, 3.8) is 0 Å². The second-order valence-electron chi connectivity index (χ2n) is 9.61. The van der Waals surface area contributed by atoms with E-state index in [0.717, 1.165) is 25.7 Å². The van der Waals surface area contributed by atoms with Crippen LogP contribution in [0.25, 0.3) is 0 Å². The average Bonchev–Trinajstić information content (AvgIpc) is 2.75. The fourth-order valence-corrected chi connectivity index (χ4v) is 4.40. The smallest absolute Gasteiger partial charge is 0.314 e. The van der Waals surface area contributed by atoms with Crippen molar-refractivity contribution < 1.29 is 14.7 Å². The fraction of sp³-hybridized carbons (Fsp3) is 0.929. The predicted octanol–water partition coefficient (Wildman–Crippen LogP) is 9.27. The highest BCUT2D eigenvalue weighted by Crippen LogP contribution is 2.18. The molecule has 3 heteroatoms. The molecule has 0 aliphatic carbocycles. The molecule has 0 bridgehead atoms. The van der Waals surface area contributed by atoms with Crippen LogP contribution in [-0.2, 0) is 9.59 Å². The quantitative estimate of drug-likeness (QED) is 0.114. The molecule has 0 saturated carbocycles. The van der Waals surface area contributed by atoms with Crippen LogP contribution in [0, 0.1) is 5.92 Å². The summed E-state index contributed by atoms with van der Waals surface area (Å²) in [7, 11) is 0. The lowest BCUT2D eigenvalue weighted by atomic mass is 9.93. The number of carbonyl (C=O) groups is 2. The van der Waals surface area contributed by atoms with Crippen molar-refractivity contribution in [2.75, 3.05) is 0 Å². The maximum atomic E-state index is 12.4. The normalized spacial score (nSPS) is 12.2. The molecule has 0 amide bonds. The maximum absolute atomic E-state index is 12.4. The molecule has 0 spiro atoms. The zero-order chi connectivity index (χ0) is 23.0. The van der Waals surface area contributed by atoms with E-state index in [1.807, 2.05) is 0 Å². The van der Waals surface area contributed by atoms with Crippen LogP contribution in [0.3, 0.4) is 0 Å². The second kappa shape index (κ2) is 23.8. The number of unbranched alkanes of at least 4 members (excludes halogenated alkanes) is 19. The molecule has 0 aliphatic heterocycles. The molecule has 1 N–H and O–H groups in total. The highest BCUT2D eigenvalue weighted by molar-refractivity contribution is 5.98. The molecule has 1 unspecified atom stereocenters. The third-order valence-corrected chi connectivity index (χ3v) is 6.56. The Hall–Kier alpha value is -0.860. The number of carboxylic acid groups (broad SMARTS) is 1. The van der Waals surface area contributed by atoms with Gasteiger partial charge in [-0.1, -0.05) is 142 Å². The number of carboxylic acids is 1. The molecule has 0 aromatic heterocycles. The van der Waals surface area contributed by atoms with Gasteiger partial charge in [0.1, 0.15) is 11.7 Å². The van der Waals surface area contributed by atoms with Crippen LogP contribution in [0.1, 0.15) is 162 Å². The van der Waals surface area contributed by atoms with Crippen molar-refractivity contribution in [3.8, 4) is 0 Å². The van der Waals surface area contributed by atoms with Crippen LogP contribution >= 0.6 is 0 Å². The lowest BCUT2D eigenvalue weighted by Gasteiger charge is -2.11. The number of hydrogen-bond donors (Lipinski definition) is 1. The first-order valence-corrected chi connectivity index (χ1v) is 13.9. The van der Waals surface area contributed by atoms with E-state index >= 15 is 0 Å². The van der Waals surface area contributed by atoms with E-state index in [9.17, 15) is 14.7 Å². The number of carbonyl (C=O) groups excluding carboxylic acids is 1. The number of hydrogen-bond acceptors (Lipinski definition) is 2. The standard InChI is InChI=1S/C28H54O3/c1-3-5-7-9-11-13-15-17-19-21-23-25-27(29)26(28(30)31)24-22-20-18-16-14-12-10-8-6-4-2/h26H,3-25H2,1-2H3,(H,30,31). The van der Waals surface area contributed by atoms with Crippen molar-refractivity contribution >= 4 is 11.8 Å². The van der Waals surface area contributed by atoms with Gasteiger partial charge in [0.25, 0.3) is 0 Å². The third kappa shape index (κ3) is 20.8. The van der Waals surface area contributed by atoms with Gasteiger partial charge >= 0.3 is 5.97 Å². The minimum atomic E-state index is -0.913. The Kier molecular flexibility index (Phi) is 23.1. The summed E-state index contributed by atoms with van der Waals surface area (Å²) >= 11 is 0. The van der Waals surface area contributed by atoms with E-state index in [-0.39, 0.29) is 5.78 Å². The van der Waals surface area contributed by atoms with Gasteiger partial charge in [0.2, 0.25) is 0 Å². The minimum absolute atomic E-state index is 0.0423. The van der Waals surface area contributed by atoms with E-state index in [2.05, 4.69) is 13.8 Å². The van der Waals surface area contributed by atoms with Crippen molar-refractivity contribution in [3.05, 3.63) is 0 Å². The largest absolute Gasteiger partial charge is 0.481 e. The van der Waals surface area contributed by atoms with Gasteiger partial charge in [0.05, 0.1) is 0 Å². The zero-order valence-corrected chi connectivity index (χ0v) is 21.1. The maximum Gasteiger partial charge on any atom is 0.314 e. The van der Waals surface area contributed by atoms with Crippen LogP contribution in [0.5, 0.6) is 0 Å². The molecule has 0 rings (SSSR count). The summed E-state index contributed by atoms with van der Waals surface area (Å²) in [5, 5.41) is 9.44. The van der Waals surface area contributed by atoms with E-state index < -0.39 is 11.9 Å². The summed E-state index contributed by atoms with van der Waals surface area (Å²) in [5.41, 5.74) is 0. The lowest BCUT2D eigenvalue weighted by molar-refractivity contribution is -0.146. The van der Waals surface area contributed by atoms with Crippen molar-refractivity contribution in [1.82, 2.24) is 0 Å². The van der Waals surface area contributed by atoms with E-state index in [1.54, 1.807) is 0 Å². The van der Waals surface area contributed by atoms with Crippen molar-refractivity contribution in [1.29, 1.82) is 0 Å². The van der Waals surface area contributed by atoms with Crippen LogP contribution in [0.15, 0.2) is 0 Å². The molecule has 0 aromatic carbocycles. The highest BCUT2D eigenvalue weighted by Gasteiger charge is 2.24. The van der Waals surface area contributed by atoms with E-state index in [4.69, 9.17) is 0 Å². The Morgan fingerprint density at radius 3 is 1.19 bits per heavy atom. The molecule has 0 aromatic rings. The van der Waals surface area contributed by atoms with Gasteiger partial charge in [0.15, 0.2) is 0 Å². The van der Waals surface area contributed by atoms with Gasteiger partial charge in [-0.15, -0.1) is 0 Å². The molecule has 0 radical (unpaired) electrons. The summed E-state index contributed by atoms with van der Waals surface area (Å²) in [6.45, 7) is 4.49. The van der Waals surface area contributed by atoms with Gasteiger partial charge in [-0.2, -0.15) is 0 Å². The van der Waals surface area contributed by atoms with Crippen molar-refractivity contribution in [2.24, 2.45) is 5.92 Å². The van der Waals surface area contributed by atoms with Crippen molar-refractivity contribution in [2.45, 2.75) is 162 Å². The molecule has 31 heavy (non-hydrogen) atoms. The Bertz CT molecular complexity index is 405. The zero-order valence-electron chi connectivity index (χ0n) is 21.1. The molecular weight excluding hydrogens is 384 g/mol. The SMILES string of the molecule is CCCCCCCCCCCCCC(=O)C(CCCCCCCCCCCC)C(=O)O. The van der Waals surface area contributed by atoms with Crippen LogP contribution < -0.4 is 0 Å². The topological polar surface area (TPSA) is 54.4 Å². The van der Waals surface area contributed by atoms with E-state index in [0.29, 0.717) is 12.8 Å². The summed E-state index contributed by atoms with van der Waals surface area (Å²) in [4.78, 5) is 23.9. The molecule has 0 saturated heterocycles. The Balaban J connectivity index is 3.63. The number of ketones is 1. The second-order valence-corrected chi connectivity index (χ2v) is 9.61. The highest BCUT2D eigenvalue weighted by atomic mass is 16.4. The molecule has 3 nitrogen and oxygen atoms in total. The Morgan fingerprint density at radius 1 is 0.516 bits per heavy atom. The van der Waals surface area contributed by atoms with Crippen LogP contribution in [-0.4, -0.2) is 16.9 Å². The molecule has 0 heterocycles. The third-order valence-electron chi connectivity index (χ3n) is 6.56. The molecular formula is C28H54O3. The lowest BCUT2D eigenvalue weighted by Crippen LogP contribution is -2.23. The van der Waals surface area contributed by atoms with Crippen LogP contribution in [0.2, 0.25) is 0 Å². The molecule has 1 atom stereocenters. The van der Waals surface area contributed by atoms with Gasteiger partial charge in [-0.3, -0.25) is 9.59 Å². The summed E-state index contributed by atoms with van der Waals surface area (Å²) in [6, 6.07) is 0. The summed E-state index contributed by atoms with van der Waals surface area (Å²) in [5.74, 6) is -1.72. The molecule has 184 valence electrons. The van der Waals surface area contributed by atoms with Crippen LogP contribution in [0.4, 0.5) is 0 Å². The fourth-order valence-electron chi connectivity index (χ4n) is 4.40. The number of aliphatic carboxylic acids is 1. The Labute approximate surface area is 194 Å². The van der Waals surface area contributed by atoms with E-state index in [1.165, 1.54) is 109 Å². The molecule has 0 aliphatic rings. The summed E-state index contributed by atoms with van der Waals surface area (Å²) < 4.78 is 0. The first-order valence-electron chi connectivity index (χ1n) is 13.9. The first-order chi connectivity index (χ1) is 15.1. The Morgan fingerprint density at radius 2 is 0.839 bits per heavy atom. The number of rotatable bonds is 25. The molecule has 0 fully saturated rings. The van der Waals surface area contributed by atoms with Gasteiger partial charge in [-0.05, 0) is 12.8 Å². The summed E-state index contributed by atoms with van der Waals surface area (Å²) in [6.07, 6.45) is 27.1. The minimum Gasteiger partial charge on any atom is -0.481 e. The average molecular weight is 439 g/mol. The predicted molar refractivity (Wildman–Crippen MR) is 134 cm³/mol. The monoisotopic (exact) mass is 438 g/mol. The number of Topliss-reactive ketones (excluding diaryl/α,β-unsaturated/α-hetero) is 1. The van der Waals surface area contributed by atoms with Gasteiger partial charge in [-0.25, -0.2) is 0 Å². The van der Waals surface area contributed by atoms with Gasteiger partial charge < -0.3 is 5.11 Å². The first kappa shape index (κ1) is 30.1. The van der Waals surface area contributed by atoms with Gasteiger partial charge in [0, 0.05) is 6.42 Å².